The fraction of sp³-hybridized carbons (Fsp3) is 0.250. The zero-order valence-corrected chi connectivity index (χ0v) is 10.5. The Morgan fingerprint density at radius 3 is 2.94 bits per heavy atom. The molecule has 0 saturated carbocycles. The van der Waals surface area contributed by atoms with Gasteiger partial charge in [-0.1, -0.05) is 23.7 Å². The summed E-state index contributed by atoms with van der Waals surface area (Å²) in [6.07, 6.45) is 1.52. The number of benzene rings is 1. The lowest BCUT2D eigenvalue weighted by molar-refractivity contribution is -0.383. The van der Waals surface area contributed by atoms with E-state index in [0.717, 1.165) is 5.56 Å². The minimum absolute atomic E-state index is 0.0441. The van der Waals surface area contributed by atoms with Gasteiger partial charge < -0.3 is 4.74 Å². The average molecular weight is 267 g/mol. The van der Waals surface area contributed by atoms with Crippen molar-refractivity contribution in [2.75, 3.05) is 6.61 Å². The minimum atomic E-state index is -0.464. The summed E-state index contributed by atoms with van der Waals surface area (Å²) < 4.78 is 5.27. The van der Waals surface area contributed by atoms with E-state index >= 15 is 0 Å². The Labute approximate surface area is 108 Å². The highest BCUT2D eigenvalue weighted by Gasteiger charge is 2.16. The smallest absolute Gasteiger partial charge is 0.295 e. The van der Waals surface area contributed by atoms with Gasteiger partial charge in [0.25, 0.3) is 5.69 Å². The molecule has 0 aliphatic rings. The molecule has 2 rings (SSSR count). The van der Waals surface area contributed by atoms with E-state index in [-0.39, 0.29) is 5.69 Å². The van der Waals surface area contributed by atoms with Crippen LogP contribution in [0, 0.1) is 10.1 Å². The van der Waals surface area contributed by atoms with Crippen molar-refractivity contribution >= 4 is 28.2 Å². The van der Waals surface area contributed by atoms with Gasteiger partial charge in [-0.15, -0.1) is 0 Å². The number of ether oxygens (including phenoxy) is 1. The second-order valence-corrected chi connectivity index (χ2v) is 4.04. The summed E-state index contributed by atoms with van der Waals surface area (Å²) in [7, 11) is 0. The zero-order valence-electron chi connectivity index (χ0n) is 9.72. The number of halogens is 1. The zero-order chi connectivity index (χ0) is 13.1. The maximum atomic E-state index is 10.9. The molecule has 0 atom stereocenters. The van der Waals surface area contributed by atoms with Gasteiger partial charge in [0.2, 0.25) is 0 Å². The first-order chi connectivity index (χ1) is 8.65. The van der Waals surface area contributed by atoms with Crippen molar-refractivity contribution in [3.05, 3.63) is 45.1 Å². The first-order valence-electron chi connectivity index (χ1n) is 5.43. The van der Waals surface area contributed by atoms with E-state index in [1.165, 1.54) is 12.3 Å². The van der Waals surface area contributed by atoms with E-state index in [4.69, 9.17) is 16.3 Å². The Hall–Kier alpha value is -1.72. The van der Waals surface area contributed by atoms with Crippen molar-refractivity contribution < 1.29 is 9.66 Å². The maximum Gasteiger partial charge on any atom is 0.295 e. The normalized spacial score (nSPS) is 10.8. The van der Waals surface area contributed by atoms with Crippen LogP contribution in [0.15, 0.2) is 24.4 Å². The van der Waals surface area contributed by atoms with Crippen LogP contribution in [0.3, 0.4) is 0 Å². The number of fused-ring (bicyclic) bond motifs is 1. The van der Waals surface area contributed by atoms with Gasteiger partial charge in [0.1, 0.15) is 5.52 Å². The molecule has 0 aliphatic heterocycles. The third kappa shape index (κ3) is 2.27. The van der Waals surface area contributed by atoms with E-state index < -0.39 is 4.92 Å². The summed E-state index contributed by atoms with van der Waals surface area (Å²) in [5, 5.41) is 11.9. The van der Waals surface area contributed by atoms with Crippen LogP contribution < -0.4 is 0 Å². The van der Waals surface area contributed by atoms with Crippen molar-refractivity contribution in [2.24, 2.45) is 0 Å². The second kappa shape index (κ2) is 5.29. The third-order valence-electron chi connectivity index (χ3n) is 2.54. The maximum absolute atomic E-state index is 10.9. The molecule has 0 N–H and O–H groups in total. The van der Waals surface area contributed by atoms with E-state index in [1.54, 1.807) is 12.1 Å². The molecular formula is C12H11ClN2O3. The number of nitro groups is 1. The van der Waals surface area contributed by atoms with Crippen LogP contribution in [0.1, 0.15) is 12.5 Å². The topological polar surface area (TPSA) is 65.3 Å². The molecule has 0 spiro atoms. The Balaban J connectivity index is 2.58. The Bertz CT molecular complexity index is 601. The minimum Gasteiger partial charge on any atom is -0.377 e. The molecule has 0 bridgehead atoms. The molecule has 0 radical (unpaired) electrons. The molecule has 94 valence electrons. The van der Waals surface area contributed by atoms with Gasteiger partial charge in [-0.05, 0) is 6.92 Å². The molecule has 18 heavy (non-hydrogen) atoms. The molecule has 0 amide bonds. The second-order valence-electron chi connectivity index (χ2n) is 3.66. The predicted octanol–water partition coefficient (Wildman–Crippen LogP) is 3.33. The first-order valence-corrected chi connectivity index (χ1v) is 5.81. The van der Waals surface area contributed by atoms with Crippen molar-refractivity contribution in [3.63, 3.8) is 0 Å². The van der Waals surface area contributed by atoms with Crippen LogP contribution in [0.5, 0.6) is 0 Å². The predicted molar refractivity (Wildman–Crippen MR) is 68.7 cm³/mol. The van der Waals surface area contributed by atoms with E-state index in [0.29, 0.717) is 29.1 Å². The van der Waals surface area contributed by atoms with Gasteiger partial charge in [0.05, 0.1) is 16.6 Å². The number of para-hydroxylation sites is 1. The van der Waals surface area contributed by atoms with Gasteiger partial charge in [-0.25, -0.2) is 4.98 Å². The van der Waals surface area contributed by atoms with Gasteiger partial charge in [0.15, 0.2) is 0 Å². The Morgan fingerprint density at radius 1 is 1.50 bits per heavy atom. The first kappa shape index (κ1) is 12.7. The fourth-order valence-electron chi connectivity index (χ4n) is 1.68. The summed E-state index contributed by atoms with van der Waals surface area (Å²) >= 11 is 6.21. The summed E-state index contributed by atoms with van der Waals surface area (Å²) in [5.41, 5.74) is 0.983. The van der Waals surface area contributed by atoms with Gasteiger partial charge in [-0.2, -0.15) is 0 Å². The molecule has 0 saturated heterocycles. The van der Waals surface area contributed by atoms with Crippen LogP contribution in [0.4, 0.5) is 5.69 Å². The van der Waals surface area contributed by atoms with Crippen molar-refractivity contribution in [1.82, 2.24) is 4.98 Å². The number of aromatic nitrogens is 1. The largest absolute Gasteiger partial charge is 0.377 e. The summed E-state index contributed by atoms with van der Waals surface area (Å²) in [4.78, 5) is 14.5. The highest BCUT2D eigenvalue weighted by Crippen LogP contribution is 2.31. The number of pyridine rings is 1. The lowest BCUT2D eigenvalue weighted by Crippen LogP contribution is -1.97. The highest BCUT2D eigenvalue weighted by molar-refractivity contribution is 6.36. The third-order valence-corrected chi connectivity index (χ3v) is 2.99. The van der Waals surface area contributed by atoms with Gasteiger partial charge >= 0.3 is 0 Å². The van der Waals surface area contributed by atoms with E-state index in [9.17, 15) is 10.1 Å². The van der Waals surface area contributed by atoms with Crippen molar-refractivity contribution in [3.8, 4) is 0 Å². The van der Waals surface area contributed by atoms with Crippen LogP contribution in [-0.4, -0.2) is 16.5 Å². The molecule has 0 aliphatic carbocycles. The summed E-state index contributed by atoms with van der Waals surface area (Å²) in [5.74, 6) is 0. The van der Waals surface area contributed by atoms with Crippen LogP contribution in [0.25, 0.3) is 10.9 Å². The van der Waals surface area contributed by atoms with Crippen molar-refractivity contribution in [1.29, 1.82) is 0 Å². The number of hydrogen-bond acceptors (Lipinski definition) is 4. The molecule has 2 aromatic rings. The van der Waals surface area contributed by atoms with E-state index in [1.807, 2.05) is 6.92 Å². The fourth-order valence-corrected chi connectivity index (χ4v) is 1.93. The lowest BCUT2D eigenvalue weighted by Gasteiger charge is -2.07. The Kier molecular flexibility index (Phi) is 3.74. The van der Waals surface area contributed by atoms with Gasteiger partial charge in [0, 0.05) is 29.8 Å². The monoisotopic (exact) mass is 266 g/mol. The molecule has 1 aromatic carbocycles. The van der Waals surface area contributed by atoms with Gasteiger partial charge in [-0.3, -0.25) is 10.1 Å². The number of non-ortho nitro benzene ring substituents is 1. The quantitative estimate of drug-likeness (QED) is 0.629. The SMILES string of the molecule is CCOCc1cnc2c([N+](=O)[O-])cccc2c1Cl. The lowest BCUT2D eigenvalue weighted by atomic mass is 10.1. The average Bonchev–Trinajstić information content (AvgIpc) is 2.37. The molecule has 1 heterocycles. The van der Waals surface area contributed by atoms with Crippen LogP contribution >= 0.6 is 11.6 Å². The summed E-state index contributed by atoms with van der Waals surface area (Å²) in [6, 6.07) is 4.72. The molecule has 0 unspecified atom stereocenters. The molecule has 6 heteroatoms. The number of nitro benzene ring substituents is 1. The number of rotatable bonds is 4. The molecule has 1 aromatic heterocycles. The standard InChI is InChI=1S/C12H11ClN2O3/c1-2-18-7-8-6-14-12-9(11(8)13)4-3-5-10(12)15(16)17/h3-6H,2,7H2,1H3. The van der Waals surface area contributed by atoms with E-state index in [2.05, 4.69) is 4.98 Å². The number of nitrogens with zero attached hydrogens (tertiary/aromatic N) is 2. The molecule has 0 fully saturated rings. The molecular weight excluding hydrogens is 256 g/mol. The number of hydrogen-bond donors (Lipinski definition) is 0. The van der Waals surface area contributed by atoms with Crippen LogP contribution in [0.2, 0.25) is 5.02 Å². The Morgan fingerprint density at radius 2 is 2.28 bits per heavy atom. The van der Waals surface area contributed by atoms with Crippen LogP contribution in [-0.2, 0) is 11.3 Å². The highest BCUT2D eigenvalue weighted by atomic mass is 35.5. The summed E-state index contributed by atoms with van der Waals surface area (Å²) in [6.45, 7) is 2.80. The van der Waals surface area contributed by atoms with Crippen molar-refractivity contribution in [2.45, 2.75) is 13.5 Å². The molecule has 5 nitrogen and oxygen atoms in total.